The maximum Gasteiger partial charge on any atom is 0.252 e. The molecule has 19 heavy (non-hydrogen) atoms. The van der Waals surface area contributed by atoms with Gasteiger partial charge in [-0.25, -0.2) is 0 Å². The molecule has 1 N–H and O–H groups in total. The molecule has 0 aliphatic carbocycles. The fourth-order valence-corrected chi connectivity index (χ4v) is 3.55. The van der Waals surface area contributed by atoms with Crippen LogP contribution in [-0.2, 0) is 13.0 Å². The number of amides is 1. The highest BCUT2D eigenvalue weighted by molar-refractivity contribution is 9.10. The predicted molar refractivity (Wildman–Crippen MR) is 84.0 cm³/mol. The number of benzene rings is 1. The Balaban J connectivity index is 2.05. The van der Waals surface area contributed by atoms with Gasteiger partial charge in [0.05, 0.1) is 12.1 Å². The van der Waals surface area contributed by atoms with Gasteiger partial charge in [-0.1, -0.05) is 18.5 Å². The summed E-state index contributed by atoms with van der Waals surface area (Å²) in [6.07, 6.45) is 0.985. The Morgan fingerprint density at radius 3 is 2.89 bits per heavy atom. The van der Waals surface area contributed by atoms with Gasteiger partial charge < -0.3 is 5.32 Å². The molecule has 0 bridgehead atoms. The number of halogens is 2. The SMILES string of the molecule is CCc1ccsc1CNC(=O)c1ccc(Cl)cc1Br. The van der Waals surface area contributed by atoms with Crippen LogP contribution >= 0.6 is 38.9 Å². The van der Waals surface area contributed by atoms with E-state index in [2.05, 4.69) is 39.6 Å². The molecule has 1 aromatic carbocycles. The fraction of sp³-hybridized carbons (Fsp3) is 0.214. The third kappa shape index (κ3) is 3.59. The molecule has 1 heterocycles. The van der Waals surface area contributed by atoms with Crippen LogP contribution < -0.4 is 5.32 Å². The number of hydrogen-bond donors (Lipinski definition) is 1. The van der Waals surface area contributed by atoms with Crippen molar-refractivity contribution in [1.82, 2.24) is 5.32 Å². The molecule has 0 aliphatic rings. The summed E-state index contributed by atoms with van der Waals surface area (Å²) in [5.41, 5.74) is 1.89. The highest BCUT2D eigenvalue weighted by Crippen LogP contribution is 2.22. The van der Waals surface area contributed by atoms with Gasteiger partial charge in [-0.05, 0) is 57.6 Å². The predicted octanol–water partition coefficient (Wildman–Crippen LogP) is 4.66. The van der Waals surface area contributed by atoms with Gasteiger partial charge in [0.25, 0.3) is 5.91 Å². The average molecular weight is 359 g/mol. The quantitative estimate of drug-likeness (QED) is 0.846. The molecule has 0 radical (unpaired) electrons. The van der Waals surface area contributed by atoms with Crippen LogP contribution in [0.5, 0.6) is 0 Å². The average Bonchev–Trinajstić information content (AvgIpc) is 2.83. The number of aryl methyl sites for hydroxylation is 1. The maximum atomic E-state index is 12.1. The van der Waals surface area contributed by atoms with Gasteiger partial charge in [0, 0.05) is 14.4 Å². The molecule has 1 aromatic heterocycles. The van der Waals surface area contributed by atoms with Gasteiger partial charge in [-0.2, -0.15) is 0 Å². The summed E-state index contributed by atoms with van der Waals surface area (Å²) in [7, 11) is 0. The van der Waals surface area contributed by atoms with E-state index in [1.165, 1.54) is 10.4 Å². The van der Waals surface area contributed by atoms with Gasteiger partial charge in [0.15, 0.2) is 0 Å². The number of nitrogens with one attached hydrogen (secondary N) is 1. The summed E-state index contributed by atoms with van der Waals surface area (Å²) in [6.45, 7) is 2.68. The molecule has 0 unspecified atom stereocenters. The Bertz CT molecular complexity index is 597. The Hall–Kier alpha value is -0.840. The van der Waals surface area contributed by atoms with Crippen molar-refractivity contribution in [2.24, 2.45) is 0 Å². The Kier molecular flexibility index (Phi) is 5.02. The van der Waals surface area contributed by atoms with Crippen molar-refractivity contribution in [2.75, 3.05) is 0 Å². The second kappa shape index (κ2) is 6.55. The van der Waals surface area contributed by atoms with Crippen LogP contribution in [0.2, 0.25) is 5.02 Å². The van der Waals surface area contributed by atoms with Gasteiger partial charge in [0.1, 0.15) is 0 Å². The Morgan fingerprint density at radius 1 is 1.42 bits per heavy atom. The number of rotatable bonds is 4. The normalized spacial score (nSPS) is 10.5. The van der Waals surface area contributed by atoms with Crippen molar-refractivity contribution in [3.63, 3.8) is 0 Å². The summed E-state index contributed by atoms with van der Waals surface area (Å²) in [4.78, 5) is 13.3. The van der Waals surface area contributed by atoms with E-state index in [4.69, 9.17) is 11.6 Å². The van der Waals surface area contributed by atoms with Crippen LogP contribution in [0.3, 0.4) is 0 Å². The minimum absolute atomic E-state index is 0.0982. The lowest BCUT2D eigenvalue weighted by atomic mass is 10.2. The van der Waals surface area contributed by atoms with E-state index in [-0.39, 0.29) is 5.91 Å². The molecule has 5 heteroatoms. The second-order valence-corrected chi connectivity index (χ2v) is 6.32. The van der Waals surface area contributed by atoms with Crippen LogP contribution in [0.1, 0.15) is 27.7 Å². The summed E-state index contributed by atoms with van der Waals surface area (Å²) in [6, 6.07) is 7.25. The smallest absolute Gasteiger partial charge is 0.252 e. The summed E-state index contributed by atoms with van der Waals surface area (Å²) in [5, 5.41) is 5.60. The summed E-state index contributed by atoms with van der Waals surface area (Å²) < 4.78 is 0.708. The van der Waals surface area contributed by atoms with E-state index in [0.29, 0.717) is 21.6 Å². The highest BCUT2D eigenvalue weighted by Gasteiger charge is 2.11. The number of carbonyl (C=O) groups is 1. The van der Waals surface area contributed by atoms with Crippen LogP contribution in [-0.4, -0.2) is 5.91 Å². The fourth-order valence-electron chi connectivity index (χ4n) is 1.77. The van der Waals surface area contributed by atoms with Gasteiger partial charge in [-0.3, -0.25) is 4.79 Å². The zero-order valence-corrected chi connectivity index (χ0v) is 13.5. The van der Waals surface area contributed by atoms with Crippen LogP contribution in [0.15, 0.2) is 34.1 Å². The highest BCUT2D eigenvalue weighted by atomic mass is 79.9. The molecule has 0 atom stereocenters. The lowest BCUT2D eigenvalue weighted by molar-refractivity contribution is 0.0950. The van der Waals surface area contributed by atoms with E-state index in [1.54, 1.807) is 29.5 Å². The van der Waals surface area contributed by atoms with Crippen molar-refractivity contribution in [3.8, 4) is 0 Å². The molecule has 1 amide bonds. The molecule has 2 aromatic rings. The third-order valence-electron chi connectivity index (χ3n) is 2.80. The maximum absolute atomic E-state index is 12.1. The van der Waals surface area contributed by atoms with Crippen LogP contribution in [0.25, 0.3) is 0 Å². The zero-order chi connectivity index (χ0) is 13.8. The monoisotopic (exact) mass is 357 g/mol. The molecular weight excluding hydrogens is 346 g/mol. The molecular formula is C14H13BrClNOS. The first-order valence-corrected chi connectivity index (χ1v) is 7.95. The van der Waals surface area contributed by atoms with Gasteiger partial charge >= 0.3 is 0 Å². The second-order valence-electron chi connectivity index (χ2n) is 4.03. The summed E-state index contributed by atoms with van der Waals surface area (Å²) in [5.74, 6) is -0.0982. The molecule has 0 spiro atoms. The molecule has 0 aliphatic heterocycles. The van der Waals surface area contributed by atoms with E-state index < -0.39 is 0 Å². The van der Waals surface area contributed by atoms with Crippen molar-refractivity contribution in [2.45, 2.75) is 19.9 Å². The number of hydrogen-bond acceptors (Lipinski definition) is 2. The standard InChI is InChI=1S/C14H13BrClNOS/c1-2-9-5-6-19-13(9)8-17-14(18)11-4-3-10(16)7-12(11)15/h3-7H,2,8H2,1H3,(H,17,18). The molecule has 2 rings (SSSR count). The van der Waals surface area contributed by atoms with Crippen molar-refractivity contribution >= 4 is 44.8 Å². The Labute approximate surface area is 129 Å². The lowest BCUT2D eigenvalue weighted by Gasteiger charge is -2.07. The molecule has 2 nitrogen and oxygen atoms in total. The van der Waals surface area contributed by atoms with E-state index in [1.807, 2.05) is 0 Å². The molecule has 0 saturated carbocycles. The number of thiophene rings is 1. The third-order valence-corrected chi connectivity index (χ3v) is 4.66. The minimum atomic E-state index is -0.0982. The minimum Gasteiger partial charge on any atom is -0.347 e. The first-order valence-electron chi connectivity index (χ1n) is 5.90. The Morgan fingerprint density at radius 2 is 2.21 bits per heavy atom. The first-order chi connectivity index (χ1) is 9.11. The first kappa shape index (κ1) is 14.6. The topological polar surface area (TPSA) is 29.1 Å². The summed E-state index contributed by atoms with van der Waals surface area (Å²) >= 11 is 10.9. The van der Waals surface area contributed by atoms with E-state index >= 15 is 0 Å². The molecule has 100 valence electrons. The van der Waals surface area contributed by atoms with Crippen molar-refractivity contribution in [3.05, 3.63) is 55.1 Å². The largest absolute Gasteiger partial charge is 0.347 e. The van der Waals surface area contributed by atoms with Gasteiger partial charge in [0.2, 0.25) is 0 Å². The van der Waals surface area contributed by atoms with Crippen LogP contribution in [0.4, 0.5) is 0 Å². The van der Waals surface area contributed by atoms with E-state index in [0.717, 1.165) is 6.42 Å². The van der Waals surface area contributed by atoms with Crippen LogP contribution in [0, 0.1) is 0 Å². The lowest BCUT2D eigenvalue weighted by Crippen LogP contribution is -2.23. The zero-order valence-electron chi connectivity index (χ0n) is 10.4. The van der Waals surface area contributed by atoms with Gasteiger partial charge in [-0.15, -0.1) is 11.3 Å². The molecule has 0 fully saturated rings. The van der Waals surface area contributed by atoms with Crippen molar-refractivity contribution < 1.29 is 4.79 Å². The number of carbonyl (C=O) groups excluding carboxylic acids is 1. The van der Waals surface area contributed by atoms with Crippen molar-refractivity contribution in [1.29, 1.82) is 0 Å². The molecule has 0 saturated heterocycles. The van der Waals surface area contributed by atoms with E-state index in [9.17, 15) is 4.79 Å².